The molecule has 0 radical (unpaired) electrons. The van der Waals surface area contributed by atoms with Crippen molar-refractivity contribution in [2.75, 3.05) is 19.7 Å². The van der Waals surface area contributed by atoms with E-state index in [-0.39, 0.29) is 12.6 Å². The summed E-state index contributed by atoms with van der Waals surface area (Å²) in [5, 5.41) is 19.2. The number of nitrogens with zero attached hydrogens (tertiary/aromatic N) is 4. The second-order valence-electron chi connectivity index (χ2n) is 7.37. The number of likely N-dealkylation sites (tertiary alicyclic amines) is 1. The van der Waals surface area contributed by atoms with Gasteiger partial charge in [0, 0.05) is 12.7 Å². The summed E-state index contributed by atoms with van der Waals surface area (Å²) in [4.78, 5) is 2.29. The molecule has 1 aliphatic rings. The van der Waals surface area contributed by atoms with Gasteiger partial charge in [-0.2, -0.15) is 0 Å². The van der Waals surface area contributed by atoms with E-state index < -0.39 is 6.10 Å². The third-order valence-corrected chi connectivity index (χ3v) is 5.21. The van der Waals surface area contributed by atoms with Gasteiger partial charge < -0.3 is 9.84 Å². The maximum Gasteiger partial charge on any atom is 0.160 e. The van der Waals surface area contributed by atoms with Crippen molar-refractivity contribution in [1.82, 2.24) is 19.5 Å². The second kappa shape index (κ2) is 7.66. The summed E-state index contributed by atoms with van der Waals surface area (Å²) in [5.74, 6) is 1.78. The Morgan fingerprint density at radius 3 is 2.96 bits per heavy atom. The standard InChI is InChI=1S/C21H26N4O2/c1-15-8-9-19(16(2)12-15)27-14-17(26)13-24-10-5-6-18(24)21-23-22-20-7-3-4-11-25(20)21/h3-4,7-9,11-12,17-18,26H,5-6,10,13-14H2,1-2H3/t17-,18+/m1/s1. The SMILES string of the molecule is Cc1ccc(OC[C@H](O)CN2CCC[C@H]2c2nnc3ccccn23)c(C)c1. The van der Waals surface area contributed by atoms with Gasteiger partial charge in [-0.05, 0) is 57.0 Å². The summed E-state index contributed by atoms with van der Waals surface area (Å²) in [6.07, 6.45) is 3.57. The van der Waals surface area contributed by atoms with Crippen molar-refractivity contribution in [3.05, 3.63) is 59.5 Å². The van der Waals surface area contributed by atoms with E-state index in [1.165, 1.54) is 5.56 Å². The molecular formula is C21H26N4O2. The largest absolute Gasteiger partial charge is 0.491 e. The van der Waals surface area contributed by atoms with Crippen LogP contribution in [0.15, 0.2) is 42.6 Å². The summed E-state index contributed by atoms with van der Waals surface area (Å²) < 4.78 is 7.89. The zero-order chi connectivity index (χ0) is 18.8. The summed E-state index contributed by atoms with van der Waals surface area (Å²) >= 11 is 0. The molecular weight excluding hydrogens is 340 g/mol. The first-order valence-electron chi connectivity index (χ1n) is 9.53. The minimum absolute atomic E-state index is 0.179. The highest BCUT2D eigenvalue weighted by Crippen LogP contribution is 2.31. The number of rotatable bonds is 6. The Kier molecular flexibility index (Phi) is 5.09. The van der Waals surface area contributed by atoms with Gasteiger partial charge in [0.1, 0.15) is 18.5 Å². The third kappa shape index (κ3) is 3.82. The molecule has 142 valence electrons. The zero-order valence-corrected chi connectivity index (χ0v) is 15.9. The number of aliphatic hydroxyl groups excluding tert-OH is 1. The van der Waals surface area contributed by atoms with Crippen LogP contribution in [0.4, 0.5) is 0 Å². The van der Waals surface area contributed by atoms with Crippen molar-refractivity contribution >= 4 is 5.65 Å². The van der Waals surface area contributed by atoms with Crippen LogP contribution in [0.1, 0.15) is 35.8 Å². The highest BCUT2D eigenvalue weighted by atomic mass is 16.5. The summed E-state index contributed by atoms with van der Waals surface area (Å²) in [6.45, 7) is 5.90. The molecule has 0 bridgehead atoms. The van der Waals surface area contributed by atoms with Crippen LogP contribution in [-0.2, 0) is 0 Å². The van der Waals surface area contributed by atoms with Gasteiger partial charge in [0.2, 0.25) is 0 Å². The first-order valence-corrected chi connectivity index (χ1v) is 9.53. The maximum atomic E-state index is 10.5. The smallest absolute Gasteiger partial charge is 0.160 e. The molecule has 0 unspecified atom stereocenters. The van der Waals surface area contributed by atoms with E-state index in [1.807, 2.05) is 47.9 Å². The molecule has 0 saturated carbocycles. The first kappa shape index (κ1) is 17.9. The maximum absolute atomic E-state index is 10.5. The van der Waals surface area contributed by atoms with Crippen LogP contribution in [0.25, 0.3) is 5.65 Å². The first-order chi connectivity index (χ1) is 13.1. The van der Waals surface area contributed by atoms with Crippen LogP contribution in [0, 0.1) is 13.8 Å². The number of pyridine rings is 1. The Balaban J connectivity index is 1.40. The third-order valence-electron chi connectivity index (χ3n) is 5.21. The molecule has 6 nitrogen and oxygen atoms in total. The molecule has 1 fully saturated rings. The second-order valence-corrected chi connectivity index (χ2v) is 7.37. The monoisotopic (exact) mass is 366 g/mol. The van der Waals surface area contributed by atoms with Crippen molar-refractivity contribution in [2.45, 2.75) is 38.8 Å². The van der Waals surface area contributed by atoms with Gasteiger partial charge in [-0.15, -0.1) is 10.2 Å². The lowest BCUT2D eigenvalue weighted by atomic mass is 10.1. The van der Waals surface area contributed by atoms with Crippen LogP contribution in [0.3, 0.4) is 0 Å². The van der Waals surface area contributed by atoms with Gasteiger partial charge in [-0.25, -0.2) is 0 Å². The van der Waals surface area contributed by atoms with E-state index >= 15 is 0 Å². The van der Waals surface area contributed by atoms with Crippen LogP contribution in [0.5, 0.6) is 5.75 Å². The van der Waals surface area contributed by atoms with Crippen LogP contribution < -0.4 is 4.74 Å². The molecule has 3 aromatic rings. The zero-order valence-electron chi connectivity index (χ0n) is 15.9. The average molecular weight is 366 g/mol. The lowest BCUT2D eigenvalue weighted by molar-refractivity contribution is 0.0623. The van der Waals surface area contributed by atoms with E-state index in [1.54, 1.807) is 0 Å². The Morgan fingerprint density at radius 1 is 1.22 bits per heavy atom. The molecule has 3 heterocycles. The molecule has 2 aromatic heterocycles. The minimum Gasteiger partial charge on any atom is -0.491 e. The molecule has 1 aliphatic heterocycles. The van der Waals surface area contributed by atoms with E-state index in [4.69, 9.17) is 4.74 Å². The molecule has 1 saturated heterocycles. The number of aromatic nitrogens is 3. The number of aliphatic hydroxyl groups is 1. The Bertz CT molecular complexity index is 923. The Hall–Kier alpha value is -2.44. The number of hydrogen-bond donors (Lipinski definition) is 1. The lowest BCUT2D eigenvalue weighted by Crippen LogP contribution is -2.36. The van der Waals surface area contributed by atoms with Crippen molar-refractivity contribution < 1.29 is 9.84 Å². The van der Waals surface area contributed by atoms with Gasteiger partial charge in [-0.1, -0.05) is 23.8 Å². The predicted octanol–water partition coefficient (Wildman–Crippen LogP) is 2.92. The number of ether oxygens (including phenoxy) is 1. The van der Waals surface area contributed by atoms with Crippen LogP contribution >= 0.6 is 0 Å². The van der Waals surface area contributed by atoms with E-state index in [0.717, 1.165) is 42.2 Å². The van der Waals surface area contributed by atoms with E-state index in [2.05, 4.69) is 28.1 Å². The van der Waals surface area contributed by atoms with Gasteiger partial charge in [0.05, 0.1) is 6.04 Å². The quantitative estimate of drug-likeness (QED) is 0.727. The normalized spacial score (nSPS) is 18.9. The lowest BCUT2D eigenvalue weighted by Gasteiger charge is -2.26. The summed E-state index contributed by atoms with van der Waals surface area (Å²) in [6, 6.07) is 12.2. The van der Waals surface area contributed by atoms with Crippen LogP contribution in [-0.4, -0.2) is 50.4 Å². The van der Waals surface area contributed by atoms with E-state index in [9.17, 15) is 5.11 Å². The van der Waals surface area contributed by atoms with Crippen molar-refractivity contribution in [2.24, 2.45) is 0 Å². The topological polar surface area (TPSA) is 62.9 Å². The van der Waals surface area contributed by atoms with Crippen LogP contribution in [0.2, 0.25) is 0 Å². The molecule has 0 amide bonds. The Morgan fingerprint density at radius 2 is 2.11 bits per heavy atom. The molecule has 1 aromatic carbocycles. The van der Waals surface area contributed by atoms with Crippen molar-refractivity contribution in [3.63, 3.8) is 0 Å². The average Bonchev–Trinajstić information content (AvgIpc) is 3.27. The molecule has 6 heteroatoms. The van der Waals surface area contributed by atoms with Gasteiger partial charge in [0.25, 0.3) is 0 Å². The molecule has 2 atom stereocenters. The van der Waals surface area contributed by atoms with Gasteiger partial charge in [0.15, 0.2) is 11.5 Å². The highest BCUT2D eigenvalue weighted by Gasteiger charge is 2.31. The van der Waals surface area contributed by atoms with Gasteiger partial charge >= 0.3 is 0 Å². The molecule has 0 aliphatic carbocycles. The van der Waals surface area contributed by atoms with Crippen molar-refractivity contribution in [1.29, 1.82) is 0 Å². The molecule has 27 heavy (non-hydrogen) atoms. The van der Waals surface area contributed by atoms with Crippen molar-refractivity contribution in [3.8, 4) is 5.75 Å². The fourth-order valence-corrected chi connectivity index (χ4v) is 3.89. The predicted molar refractivity (Wildman–Crippen MR) is 104 cm³/mol. The number of benzene rings is 1. The number of β-amino-alcohol motifs (C(OH)–C–C–N with tert-alkyl or cyclic N) is 1. The molecule has 0 spiro atoms. The fraction of sp³-hybridized carbons (Fsp3) is 0.429. The molecule has 1 N–H and O–H groups in total. The fourth-order valence-electron chi connectivity index (χ4n) is 3.89. The summed E-state index contributed by atoms with van der Waals surface area (Å²) in [5.41, 5.74) is 3.16. The number of hydrogen-bond acceptors (Lipinski definition) is 5. The van der Waals surface area contributed by atoms with E-state index in [0.29, 0.717) is 6.54 Å². The number of aryl methyl sites for hydroxylation is 2. The minimum atomic E-state index is -0.550. The Labute approximate surface area is 159 Å². The number of fused-ring (bicyclic) bond motifs is 1. The van der Waals surface area contributed by atoms with Gasteiger partial charge in [-0.3, -0.25) is 9.30 Å². The molecule has 4 rings (SSSR count). The highest BCUT2D eigenvalue weighted by molar-refractivity contribution is 5.38. The summed E-state index contributed by atoms with van der Waals surface area (Å²) in [7, 11) is 0.